The van der Waals surface area contributed by atoms with Crippen LogP contribution in [0.15, 0.2) is 42.7 Å². The number of carbonyl (C=O) groups is 1. The number of hydrogen-bond donors (Lipinski definition) is 0. The van der Waals surface area contributed by atoms with Gasteiger partial charge >= 0.3 is 0 Å². The molecule has 1 aromatic carbocycles. The van der Waals surface area contributed by atoms with Gasteiger partial charge in [-0.25, -0.2) is 4.98 Å². The summed E-state index contributed by atoms with van der Waals surface area (Å²) >= 11 is 0. The monoisotopic (exact) mass is 340 g/mol. The van der Waals surface area contributed by atoms with E-state index in [9.17, 15) is 4.79 Å². The maximum atomic E-state index is 12.4. The van der Waals surface area contributed by atoms with Crippen LogP contribution in [-0.4, -0.2) is 58.0 Å². The average Bonchev–Trinajstić information content (AvgIpc) is 3.10. The molecule has 0 unspecified atom stereocenters. The summed E-state index contributed by atoms with van der Waals surface area (Å²) < 4.78 is 2.25. The molecule has 5 heteroatoms. The molecule has 1 aromatic heterocycles. The van der Waals surface area contributed by atoms with Crippen LogP contribution in [-0.2, 0) is 17.8 Å². The predicted molar refractivity (Wildman–Crippen MR) is 99.5 cm³/mol. The molecule has 1 amide bonds. The van der Waals surface area contributed by atoms with E-state index in [0.717, 1.165) is 50.7 Å². The number of rotatable bonds is 6. The van der Waals surface area contributed by atoms with Gasteiger partial charge in [0.2, 0.25) is 5.91 Å². The lowest BCUT2D eigenvalue weighted by atomic mass is 10.1. The maximum absolute atomic E-state index is 12.4. The maximum Gasteiger partial charge on any atom is 0.227 e. The molecule has 0 saturated carbocycles. The molecule has 134 valence electrons. The van der Waals surface area contributed by atoms with Crippen LogP contribution < -0.4 is 0 Å². The zero-order chi connectivity index (χ0) is 17.6. The Morgan fingerprint density at radius 2 is 1.80 bits per heavy atom. The van der Waals surface area contributed by atoms with Crippen molar-refractivity contribution in [3.05, 3.63) is 54.1 Å². The normalized spacial score (nSPS) is 15.7. The molecule has 0 bridgehead atoms. The highest BCUT2D eigenvalue weighted by molar-refractivity contribution is 5.78. The largest absolute Gasteiger partial charge is 0.340 e. The van der Waals surface area contributed by atoms with E-state index in [0.29, 0.717) is 12.3 Å². The molecule has 3 rings (SSSR count). The Morgan fingerprint density at radius 3 is 2.48 bits per heavy atom. The number of hydrogen-bond acceptors (Lipinski definition) is 3. The summed E-state index contributed by atoms with van der Waals surface area (Å²) in [6, 6.07) is 10.00. The first-order valence-corrected chi connectivity index (χ1v) is 9.18. The van der Waals surface area contributed by atoms with Crippen molar-refractivity contribution in [1.82, 2.24) is 19.4 Å². The van der Waals surface area contributed by atoms with Crippen molar-refractivity contribution in [2.75, 3.05) is 32.7 Å². The molecule has 2 heterocycles. The van der Waals surface area contributed by atoms with Crippen molar-refractivity contribution < 1.29 is 4.79 Å². The van der Waals surface area contributed by atoms with E-state index < -0.39 is 0 Å². The first kappa shape index (κ1) is 17.7. The van der Waals surface area contributed by atoms with Crippen molar-refractivity contribution in [2.24, 2.45) is 0 Å². The van der Waals surface area contributed by atoms with Gasteiger partial charge in [-0.1, -0.05) is 44.2 Å². The van der Waals surface area contributed by atoms with E-state index in [1.807, 2.05) is 41.4 Å². The van der Waals surface area contributed by atoms with E-state index in [4.69, 9.17) is 0 Å². The SMILES string of the molecule is CC(C)c1nccn1CCN1CCN(C(=O)Cc2ccccc2)CC1. The standard InChI is InChI=1S/C20H28N4O/c1-17(2)20-21-8-9-24(20)15-12-22-10-13-23(14-11-22)19(25)16-18-6-4-3-5-7-18/h3-9,17H,10-16H2,1-2H3. The van der Waals surface area contributed by atoms with E-state index in [1.165, 1.54) is 0 Å². The fraction of sp³-hybridized carbons (Fsp3) is 0.500. The number of piperazine rings is 1. The van der Waals surface area contributed by atoms with Crippen LogP contribution in [0.1, 0.15) is 31.2 Å². The van der Waals surface area contributed by atoms with Gasteiger partial charge in [-0.3, -0.25) is 9.69 Å². The molecule has 1 saturated heterocycles. The van der Waals surface area contributed by atoms with Crippen LogP contribution in [0.2, 0.25) is 0 Å². The summed E-state index contributed by atoms with van der Waals surface area (Å²) in [6.07, 6.45) is 4.46. The van der Waals surface area contributed by atoms with E-state index >= 15 is 0 Å². The van der Waals surface area contributed by atoms with Gasteiger partial charge in [0, 0.05) is 57.6 Å². The number of carbonyl (C=O) groups excluding carboxylic acids is 1. The van der Waals surface area contributed by atoms with E-state index in [2.05, 4.69) is 34.5 Å². The lowest BCUT2D eigenvalue weighted by Crippen LogP contribution is -2.49. The Hall–Kier alpha value is -2.14. The van der Waals surface area contributed by atoms with Crippen molar-refractivity contribution in [2.45, 2.75) is 32.7 Å². The molecule has 1 aliphatic rings. The first-order valence-electron chi connectivity index (χ1n) is 9.18. The van der Waals surface area contributed by atoms with Crippen LogP contribution in [0.3, 0.4) is 0 Å². The van der Waals surface area contributed by atoms with Gasteiger partial charge in [-0.15, -0.1) is 0 Å². The molecule has 5 nitrogen and oxygen atoms in total. The molecule has 0 atom stereocenters. The van der Waals surface area contributed by atoms with Crippen LogP contribution in [0, 0.1) is 0 Å². The number of imidazole rings is 1. The zero-order valence-corrected chi connectivity index (χ0v) is 15.3. The molecule has 1 fully saturated rings. The van der Waals surface area contributed by atoms with Crippen LogP contribution >= 0.6 is 0 Å². The molecule has 0 spiro atoms. The van der Waals surface area contributed by atoms with Crippen molar-refractivity contribution in [1.29, 1.82) is 0 Å². The van der Waals surface area contributed by atoms with E-state index in [-0.39, 0.29) is 5.91 Å². The van der Waals surface area contributed by atoms with Gasteiger partial charge in [0.1, 0.15) is 5.82 Å². The first-order chi connectivity index (χ1) is 12.1. The fourth-order valence-electron chi connectivity index (χ4n) is 3.36. The highest BCUT2D eigenvalue weighted by Crippen LogP contribution is 2.12. The summed E-state index contributed by atoms with van der Waals surface area (Å²) in [6.45, 7) is 9.88. The third kappa shape index (κ3) is 4.69. The Bertz CT molecular complexity index is 672. The summed E-state index contributed by atoms with van der Waals surface area (Å²) in [5, 5.41) is 0. The van der Waals surface area contributed by atoms with E-state index in [1.54, 1.807) is 0 Å². The third-order valence-corrected chi connectivity index (χ3v) is 4.84. The Morgan fingerprint density at radius 1 is 1.08 bits per heavy atom. The second-order valence-corrected chi connectivity index (χ2v) is 7.02. The third-order valence-electron chi connectivity index (χ3n) is 4.84. The zero-order valence-electron chi connectivity index (χ0n) is 15.3. The van der Waals surface area contributed by atoms with Crippen molar-refractivity contribution >= 4 is 5.91 Å². The van der Waals surface area contributed by atoms with Gasteiger partial charge < -0.3 is 9.47 Å². The minimum Gasteiger partial charge on any atom is -0.340 e. The van der Waals surface area contributed by atoms with Gasteiger partial charge in [0.25, 0.3) is 0 Å². The van der Waals surface area contributed by atoms with Crippen molar-refractivity contribution in [3.8, 4) is 0 Å². The highest BCUT2D eigenvalue weighted by atomic mass is 16.2. The van der Waals surface area contributed by atoms with Crippen molar-refractivity contribution in [3.63, 3.8) is 0 Å². The van der Waals surface area contributed by atoms with Crippen LogP contribution in [0.5, 0.6) is 0 Å². The lowest BCUT2D eigenvalue weighted by molar-refractivity contribution is -0.132. The topological polar surface area (TPSA) is 41.4 Å². The molecule has 1 aliphatic heterocycles. The van der Waals surface area contributed by atoms with Gasteiger partial charge in [0.15, 0.2) is 0 Å². The molecule has 0 aliphatic carbocycles. The smallest absolute Gasteiger partial charge is 0.227 e. The number of amides is 1. The molecular weight excluding hydrogens is 312 g/mol. The molecule has 2 aromatic rings. The van der Waals surface area contributed by atoms with Crippen LogP contribution in [0.4, 0.5) is 0 Å². The second kappa shape index (κ2) is 8.30. The van der Waals surface area contributed by atoms with Crippen LogP contribution in [0.25, 0.3) is 0 Å². The van der Waals surface area contributed by atoms with Gasteiger partial charge in [-0.2, -0.15) is 0 Å². The summed E-state index contributed by atoms with van der Waals surface area (Å²) in [7, 11) is 0. The fourth-order valence-corrected chi connectivity index (χ4v) is 3.36. The average molecular weight is 340 g/mol. The number of aromatic nitrogens is 2. The van der Waals surface area contributed by atoms with Gasteiger partial charge in [-0.05, 0) is 5.56 Å². The minimum atomic E-state index is 0.238. The number of benzene rings is 1. The second-order valence-electron chi connectivity index (χ2n) is 7.02. The molecule has 25 heavy (non-hydrogen) atoms. The minimum absolute atomic E-state index is 0.238. The lowest BCUT2D eigenvalue weighted by Gasteiger charge is -2.35. The quantitative estimate of drug-likeness (QED) is 0.811. The summed E-state index contributed by atoms with van der Waals surface area (Å²) in [4.78, 5) is 21.3. The Labute approximate surface area is 150 Å². The highest BCUT2D eigenvalue weighted by Gasteiger charge is 2.21. The number of nitrogens with zero attached hydrogens (tertiary/aromatic N) is 4. The summed E-state index contributed by atoms with van der Waals surface area (Å²) in [5.74, 6) is 1.83. The summed E-state index contributed by atoms with van der Waals surface area (Å²) in [5.41, 5.74) is 1.09. The predicted octanol–water partition coefficient (Wildman–Crippen LogP) is 2.39. The Kier molecular flexibility index (Phi) is 5.87. The molecule has 0 N–H and O–H groups in total. The molecular formula is C20H28N4O. The van der Waals surface area contributed by atoms with Gasteiger partial charge in [0.05, 0.1) is 6.42 Å². The molecule has 0 radical (unpaired) electrons. The Balaban J connectivity index is 1.44.